The topological polar surface area (TPSA) is 55.4 Å². The Bertz CT molecular complexity index is 540. The molecule has 1 rings (SSSR count). The van der Waals surface area contributed by atoms with Crippen molar-refractivity contribution in [1.82, 2.24) is 0 Å². The molecule has 25 heavy (non-hydrogen) atoms. The van der Waals surface area contributed by atoms with Gasteiger partial charge in [0.1, 0.15) is 0 Å². The average Bonchev–Trinajstić information content (AvgIpc) is 2.59. The molecular weight excluding hydrogens is 314 g/mol. The van der Waals surface area contributed by atoms with Crippen molar-refractivity contribution < 1.29 is 14.3 Å². The van der Waals surface area contributed by atoms with Crippen LogP contribution in [0.5, 0.6) is 0 Å². The molecule has 0 radical (unpaired) electrons. The molecule has 0 unspecified atom stereocenters. The third-order valence-corrected chi connectivity index (χ3v) is 4.43. The van der Waals surface area contributed by atoms with Crippen LogP contribution in [-0.4, -0.2) is 18.5 Å². The van der Waals surface area contributed by atoms with Crippen molar-refractivity contribution in [1.29, 1.82) is 0 Å². The molecule has 0 aliphatic rings. The van der Waals surface area contributed by atoms with Crippen LogP contribution in [0.4, 0.5) is 5.69 Å². The highest BCUT2D eigenvalue weighted by molar-refractivity contribution is 6.37. The average molecular weight is 347 g/mol. The highest BCUT2D eigenvalue weighted by atomic mass is 16.5. The minimum Gasteiger partial charge on any atom is -0.459 e. The van der Waals surface area contributed by atoms with Gasteiger partial charge in [-0.25, -0.2) is 4.79 Å². The molecule has 4 nitrogen and oxygen atoms in total. The second-order valence-electron chi connectivity index (χ2n) is 6.72. The van der Waals surface area contributed by atoms with Crippen LogP contribution in [0.15, 0.2) is 18.2 Å². The van der Waals surface area contributed by atoms with Gasteiger partial charge in [0.2, 0.25) is 0 Å². The molecule has 1 aromatic carbocycles. The molecule has 0 heterocycles. The number of carbonyl (C=O) groups excluding carboxylic acids is 2. The summed E-state index contributed by atoms with van der Waals surface area (Å²) in [4.78, 5) is 23.5. The maximum atomic E-state index is 11.8. The van der Waals surface area contributed by atoms with Crippen LogP contribution in [0.25, 0.3) is 0 Å². The third kappa shape index (κ3) is 9.28. The van der Waals surface area contributed by atoms with Gasteiger partial charge in [0.25, 0.3) is 0 Å². The van der Waals surface area contributed by atoms with Gasteiger partial charge in [0, 0.05) is 5.69 Å². The van der Waals surface area contributed by atoms with E-state index in [2.05, 4.69) is 12.2 Å². The molecule has 0 bridgehead atoms. The first-order valence-electron chi connectivity index (χ1n) is 9.60. The van der Waals surface area contributed by atoms with Gasteiger partial charge in [-0.3, -0.25) is 4.79 Å². The summed E-state index contributed by atoms with van der Waals surface area (Å²) in [5, 5.41) is 2.58. The van der Waals surface area contributed by atoms with Crippen LogP contribution < -0.4 is 5.32 Å². The van der Waals surface area contributed by atoms with Crippen LogP contribution >= 0.6 is 0 Å². The van der Waals surface area contributed by atoms with E-state index in [1.807, 2.05) is 26.0 Å². The van der Waals surface area contributed by atoms with Gasteiger partial charge in [-0.1, -0.05) is 64.4 Å². The fourth-order valence-electron chi connectivity index (χ4n) is 2.64. The molecule has 0 atom stereocenters. The molecule has 140 valence electrons. The lowest BCUT2D eigenvalue weighted by atomic mass is 10.1. The van der Waals surface area contributed by atoms with Crippen molar-refractivity contribution in [2.24, 2.45) is 0 Å². The van der Waals surface area contributed by atoms with Crippen LogP contribution in [0, 0.1) is 13.8 Å². The van der Waals surface area contributed by atoms with E-state index in [0.29, 0.717) is 12.3 Å². The van der Waals surface area contributed by atoms with Gasteiger partial charge in [0.05, 0.1) is 6.61 Å². The summed E-state index contributed by atoms with van der Waals surface area (Å²) < 4.78 is 5.04. The van der Waals surface area contributed by atoms with E-state index in [4.69, 9.17) is 4.74 Å². The summed E-state index contributed by atoms with van der Waals surface area (Å²) >= 11 is 0. The van der Waals surface area contributed by atoms with Crippen molar-refractivity contribution in [3.05, 3.63) is 29.3 Å². The van der Waals surface area contributed by atoms with Gasteiger partial charge >= 0.3 is 11.9 Å². The van der Waals surface area contributed by atoms with E-state index in [9.17, 15) is 9.59 Å². The van der Waals surface area contributed by atoms with Gasteiger partial charge in [-0.15, -0.1) is 0 Å². The highest BCUT2D eigenvalue weighted by Gasteiger charge is 2.15. The zero-order chi connectivity index (χ0) is 18.5. The first-order valence-corrected chi connectivity index (χ1v) is 9.60. The third-order valence-electron chi connectivity index (χ3n) is 4.43. The second-order valence-corrected chi connectivity index (χ2v) is 6.72. The largest absolute Gasteiger partial charge is 0.459 e. The Kier molecular flexibility index (Phi) is 10.6. The summed E-state index contributed by atoms with van der Waals surface area (Å²) in [5.41, 5.74) is 2.83. The van der Waals surface area contributed by atoms with Gasteiger partial charge in [0.15, 0.2) is 0 Å². The van der Waals surface area contributed by atoms with Crippen molar-refractivity contribution >= 4 is 17.6 Å². The van der Waals surface area contributed by atoms with Crippen LogP contribution in [-0.2, 0) is 14.3 Å². The molecule has 0 fully saturated rings. The Hall–Kier alpha value is -1.84. The number of rotatable bonds is 11. The Labute approximate surface area is 152 Å². The summed E-state index contributed by atoms with van der Waals surface area (Å²) in [6.45, 7) is 6.51. The number of unbranched alkanes of at least 4 members (excludes halogenated alkanes) is 8. The van der Waals surface area contributed by atoms with Crippen molar-refractivity contribution in [2.75, 3.05) is 11.9 Å². The molecule has 0 saturated carbocycles. The lowest BCUT2D eigenvalue weighted by Crippen LogP contribution is -2.25. The number of esters is 1. The minimum atomic E-state index is -0.808. The molecule has 0 aliphatic carbocycles. The number of hydrogen-bond donors (Lipinski definition) is 1. The number of anilines is 1. The van der Waals surface area contributed by atoms with E-state index < -0.39 is 11.9 Å². The highest BCUT2D eigenvalue weighted by Crippen LogP contribution is 2.14. The number of nitrogens with one attached hydrogen (secondary N) is 1. The number of aryl methyl sites for hydroxylation is 2. The van der Waals surface area contributed by atoms with E-state index >= 15 is 0 Å². The molecular formula is C21H33NO3. The monoisotopic (exact) mass is 347 g/mol. The second kappa shape index (κ2) is 12.5. The molecule has 0 spiro atoms. The van der Waals surface area contributed by atoms with Gasteiger partial charge in [-0.2, -0.15) is 0 Å². The summed E-state index contributed by atoms with van der Waals surface area (Å²) in [5.74, 6) is -1.52. The van der Waals surface area contributed by atoms with Crippen LogP contribution in [0.3, 0.4) is 0 Å². The van der Waals surface area contributed by atoms with Crippen molar-refractivity contribution in [2.45, 2.75) is 78.6 Å². The maximum absolute atomic E-state index is 11.8. The molecule has 4 heteroatoms. The van der Waals surface area contributed by atoms with Gasteiger partial charge < -0.3 is 10.1 Å². The van der Waals surface area contributed by atoms with E-state index in [-0.39, 0.29) is 0 Å². The fraction of sp³-hybridized carbons (Fsp3) is 0.619. The molecule has 1 N–H and O–H groups in total. The number of benzene rings is 1. The standard InChI is InChI=1S/C21H33NO3/c1-4-5-6-7-8-9-10-11-12-15-25-21(24)20(23)22-19-14-13-17(2)18(3)16-19/h13-14,16H,4-12,15H2,1-3H3,(H,22,23). The zero-order valence-corrected chi connectivity index (χ0v) is 16.0. The van der Waals surface area contributed by atoms with E-state index in [1.54, 1.807) is 6.07 Å². The van der Waals surface area contributed by atoms with Crippen LogP contribution in [0.1, 0.15) is 75.8 Å². The lowest BCUT2D eigenvalue weighted by Gasteiger charge is -2.08. The number of carbonyl (C=O) groups is 2. The summed E-state index contributed by atoms with van der Waals surface area (Å²) in [7, 11) is 0. The molecule has 0 aliphatic heterocycles. The predicted molar refractivity (Wildman–Crippen MR) is 103 cm³/mol. The first kappa shape index (κ1) is 21.2. The number of ether oxygens (including phenoxy) is 1. The normalized spacial score (nSPS) is 10.5. The van der Waals surface area contributed by atoms with E-state index in [1.165, 1.54) is 44.9 Å². The zero-order valence-electron chi connectivity index (χ0n) is 16.0. The maximum Gasteiger partial charge on any atom is 0.397 e. The van der Waals surface area contributed by atoms with Crippen LogP contribution in [0.2, 0.25) is 0 Å². The smallest absolute Gasteiger partial charge is 0.397 e. The Morgan fingerprint density at radius 3 is 2.08 bits per heavy atom. The van der Waals surface area contributed by atoms with E-state index in [0.717, 1.165) is 24.0 Å². The lowest BCUT2D eigenvalue weighted by molar-refractivity contribution is -0.152. The Morgan fingerprint density at radius 1 is 0.880 bits per heavy atom. The van der Waals surface area contributed by atoms with Gasteiger partial charge in [-0.05, 0) is 43.5 Å². The minimum absolute atomic E-state index is 0.314. The summed E-state index contributed by atoms with van der Waals surface area (Å²) in [6, 6.07) is 5.55. The Balaban J connectivity index is 2.09. The molecule has 0 aromatic heterocycles. The Morgan fingerprint density at radius 2 is 1.48 bits per heavy atom. The fourth-order valence-corrected chi connectivity index (χ4v) is 2.64. The predicted octanol–water partition coefficient (Wildman–Crippen LogP) is 5.32. The summed E-state index contributed by atoms with van der Waals surface area (Å²) in [6.07, 6.45) is 10.8. The van der Waals surface area contributed by atoms with Crippen molar-refractivity contribution in [3.8, 4) is 0 Å². The molecule has 0 saturated heterocycles. The molecule has 1 amide bonds. The first-order chi connectivity index (χ1) is 12.0. The number of amides is 1. The SMILES string of the molecule is CCCCCCCCCCCOC(=O)C(=O)Nc1ccc(C)c(C)c1. The number of hydrogen-bond acceptors (Lipinski definition) is 3. The quantitative estimate of drug-likeness (QED) is 0.335. The molecule has 1 aromatic rings. The van der Waals surface area contributed by atoms with Crippen molar-refractivity contribution in [3.63, 3.8) is 0 Å².